The highest BCUT2D eigenvalue weighted by Crippen LogP contribution is 2.64. The average Bonchev–Trinajstić information content (AvgIpc) is 3.50. The summed E-state index contributed by atoms with van der Waals surface area (Å²) in [5, 5.41) is 5.45. The molecular weight excluding hydrogens is 607 g/mol. The zero-order valence-electron chi connectivity index (χ0n) is 27.3. The summed E-state index contributed by atoms with van der Waals surface area (Å²) in [6.45, 7) is 0. The zero-order chi connectivity index (χ0) is 33.1. The molecule has 2 heterocycles. The van der Waals surface area contributed by atoms with Crippen LogP contribution in [0.15, 0.2) is 193 Å². The van der Waals surface area contributed by atoms with Gasteiger partial charge in [-0.2, -0.15) is 0 Å². The second-order valence-corrected chi connectivity index (χ2v) is 13.1. The molecule has 0 aromatic heterocycles. The van der Waals surface area contributed by atoms with E-state index >= 15 is 0 Å². The van der Waals surface area contributed by atoms with Gasteiger partial charge in [-0.25, -0.2) is 0 Å². The average molecular weight is 639 g/mol. The molecule has 2 aliphatic heterocycles. The normalized spacial score (nSPS) is 16.3. The van der Waals surface area contributed by atoms with Crippen LogP contribution in [0, 0.1) is 0 Å². The van der Waals surface area contributed by atoms with Crippen molar-refractivity contribution < 1.29 is 0 Å². The Morgan fingerprint density at radius 1 is 0.480 bits per heavy atom. The van der Waals surface area contributed by atoms with Crippen molar-refractivity contribution in [1.82, 2.24) is 0 Å². The maximum atomic E-state index is 5.45. The van der Waals surface area contributed by atoms with E-state index in [1.165, 1.54) is 44.8 Å². The van der Waals surface area contributed by atoms with Gasteiger partial charge in [0.1, 0.15) is 0 Å². The molecule has 7 aromatic carbocycles. The summed E-state index contributed by atoms with van der Waals surface area (Å²) in [6.07, 6.45) is 2.20. The van der Waals surface area contributed by atoms with Crippen LogP contribution in [0.2, 0.25) is 0 Å². The van der Waals surface area contributed by atoms with Gasteiger partial charge in [-0.05, 0) is 80.0 Å². The third kappa shape index (κ3) is 4.13. The Morgan fingerprint density at radius 2 is 1.02 bits per heavy atom. The first-order chi connectivity index (χ1) is 24.8. The summed E-state index contributed by atoms with van der Waals surface area (Å²) >= 11 is 0. The Morgan fingerprint density at radius 3 is 1.72 bits per heavy atom. The first kappa shape index (κ1) is 28.6. The van der Waals surface area contributed by atoms with Gasteiger partial charge in [0.2, 0.25) is 0 Å². The molecule has 0 fully saturated rings. The largest absolute Gasteiger partial charge is 0.454 e. The van der Waals surface area contributed by atoms with E-state index < -0.39 is 5.41 Å². The van der Waals surface area contributed by atoms with E-state index in [4.69, 9.17) is 10.3 Å². The molecule has 1 aliphatic carbocycles. The highest BCUT2D eigenvalue weighted by Gasteiger charge is 2.52. The van der Waals surface area contributed by atoms with Crippen LogP contribution in [-0.2, 0) is 5.41 Å². The molecule has 0 amide bonds. The molecule has 0 radical (unpaired) electrons. The van der Waals surface area contributed by atoms with E-state index in [0.29, 0.717) is 0 Å². The minimum absolute atomic E-state index is 0.172. The number of aliphatic imine (C=N–C) groups is 1. The number of anilines is 3. The Balaban J connectivity index is 1.28. The van der Waals surface area contributed by atoms with Crippen molar-refractivity contribution in [2.24, 2.45) is 4.99 Å². The van der Waals surface area contributed by atoms with Gasteiger partial charge in [0.25, 0.3) is 0 Å². The Hall–Kier alpha value is -6.45. The monoisotopic (exact) mass is 638 g/mol. The maximum Gasteiger partial charge on any atom is 0.0760 e. The smallest absolute Gasteiger partial charge is 0.0760 e. The molecule has 10 rings (SSSR count). The van der Waals surface area contributed by atoms with Gasteiger partial charge in [-0.3, -0.25) is 0 Å². The predicted molar refractivity (Wildman–Crippen MR) is 205 cm³/mol. The molecular formula is C47H32N3-. The summed E-state index contributed by atoms with van der Waals surface area (Å²) in [4.78, 5) is 7.81. The lowest BCUT2D eigenvalue weighted by Gasteiger charge is -2.46. The molecule has 1 atom stereocenters. The van der Waals surface area contributed by atoms with Crippen LogP contribution in [0.5, 0.6) is 0 Å². The predicted octanol–water partition coefficient (Wildman–Crippen LogP) is 11.7. The number of fused-ring (bicyclic) bond motifs is 9. The van der Waals surface area contributed by atoms with Gasteiger partial charge in [0.15, 0.2) is 0 Å². The van der Waals surface area contributed by atoms with Gasteiger partial charge >= 0.3 is 0 Å². The maximum absolute atomic E-state index is 5.45. The van der Waals surface area contributed by atoms with Crippen molar-refractivity contribution in [1.29, 1.82) is 0 Å². The third-order valence-electron chi connectivity index (χ3n) is 10.4. The van der Waals surface area contributed by atoms with E-state index in [-0.39, 0.29) is 6.04 Å². The summed E-state index contributed by atoms with van der Waals surface area (Å²) in [7, 11) is 0. The van der Waals surface area contributed by atoms with Crippen molar-refractivity contribution in [2.75, 3.05) is 4.90 Å². The van der Waals surface area contributed by atoms with Crippen LogP contribution in [0.1, 0.15) is 45.0 Å². The fourth-order valence-corrected chi connectivity index (χ4v) is 8.43. The molecule has 50 heavy (non-hydrogen) atoms. The highest BCUT2D eigenvalue weighted by molar-refractivity contribution is 6.16. The van der Waals surface area contributed by atoms with Crippen molar-refractivity contribution in [2.45, 2.75) is 11.5 Å². The number of rotatable bonds is 4. The van der Waals surface area contributed by atoms with Crippen LogP contribution in [-0.4, -0.2) is 5.84 Å². The van der Waals surface area contributed by atoms with Gasteiger partial charge in [-0.15, -0.1) is 0 Å². The molecule has 3 nitrogen and oxygen atoms in total. The Labute approximate surface area is 292 Å². The minimum atomic E-state index is -0.602. The van der Waals surface area contributed by atoms with Gasteiger partial charge < -0.3 is 15.2 Å². The summed E-state index contributed by atoms with van der Waals surface area (Å²) in [6, 6.07) is 65.1. The SMILES string of the molecule is C1=C(c2ccccc2)N=C(c2cccc3c2C2(c4ccccc4-3)c3ccccc3N(c3ccccc3)c3ccccc32)[N-]C1c1ccccc1. The van der Waals surface area contributed by atoms with Gasteiger partial charge in [0.05, 0.1) is 16.8 Å². The number of benzene rings is 7. The zero-order valence-corrected chi connectivity index (χ0v) is 27.3. The van der Waals surface area contributed by atoms with Gasteiger partial charge in [0, 0.05) is 11.7 Å². The third-order valence-corrected chi connectivity index (χ3v) is 10.4. The second-order valence-electron chi connectivity index (χ2n) is 13.1. The number of para-hydroxylation sites is 3. The molecule has 0 saturated carbocycles. The van der Waals surface area contributed by atoms with E-state index in [1.807, 2.05) is 0 Å². The van der Waals surface area contributed by atoms with Crippen LogP contribution in [0.25, 0.3) is 22.1 Å². The standard InChI is InChI=1S/C47H32N3/c1-4-17-32(18-5-1)41-31-42(33-19-6-2-7-20-33)49-46(48-41)37-25-16-24-36-35-23-10-11-26-38(35)47(45(36)37)39-27-12-14-29-43(39)50(34-21-8-3-9-22-34)44-30-15-13-28-40(44)47/h1-31,41H/q-1. The summed E-state index contributed by atoms with van der Waals surface area (Å²) in [5.74, 6) is 0.754. The molecule has 3 aliphatic rings. The van der Waals surface area contributed by atoms with Crippen molar-refractivity contribution in [3.8, 4) is 11.1 Å². The van der Waals surface area contributed by atoms with Crippen LogP contribution in [0.3, 0.4) is 0 Å². The summed E-state index contributed by atoms with van der Waals surface area (Å²) < 4.78 is 0. The number of amidine groups is 1. The van der Waals surface area contributed by atoms with Crippen LogP contribution in [0.4, 0.5) is 17.1 Å². The molecule has 1 spiro atoms. The molecule has 1 unspecified atom stereocenters. The highest BCUT2D eigenvalue weighted by atomic mass is 15.2. The fraction of sp³-hybridized carbons (Fsp3) is 0.0426. The Bertz CT molecular complexity index is 2420. The molecule has 0 N–H and O–H groups in total. The molecule has 236 valence electrons. The van der Waals surface area contributed by atoms with Crippen molar-refractivity contribution in [3.05, 3.63) is 232 Å². The second kappa shape index (κ2) is 11.3. The minimum Gasteiger partial charge on any atom is -0.454 e. The molecule has 0 saturated heterocycles. The van der Waals surface area contributed by atoms with E-state index in [9.17, 15) is 0 Å². The fourth-order valence-electron chi connectivity index (χ4n) is 8.43. The quantitative estimate of drug-likeness (QED) is 0.189. The first-order valence-electron chi connectivity index (χ1n) is 17.2. The molecule has 0 bridgehead atoms. The summed E-state index contributed by atoms with van der Waals surface area (Å²) in [5.41, 5.74) is 14.6. The molecule has 3 heteroatoms. The lowest BCUT2D eigenvalue weighted by Crippen LogP contribution is -2.37. The number of nitrogens with zero attached hydrogens (tertiary/aromatic N) is 3. The lowest BCUT2D eigenvalue weighted by molar-refractivity contribution is 0.751. The number of hydrogen-bond acceptors (Lipinski definition) is 2. The van der Waals surface area contributed by atoms with Crippen molar-refractivity contribution in [3.63, 3.8) is 0 Å². The van der Waals surface area contributed by atoms with Crippen molar-refractivity contribution >= 4 is 28.6 Å². The Kier molecular flexibility index (Phi) is 6.47. The van der Waals surface area contributed by atoms with E-state index in [1.54, 1.807) is 0 Å². The van der Waals surface area contributed by atoms with Gasteiger partial charge in [-0.1, -0.05) is 170 Å². The van der Waals surface area contributed by atoms with E-state index in [0.717, 1.165) is 33.9 Å². The molecule has 7 aromatic rings. The number of hydrogen-bond donors (Lipinski definition) is 0. The first-order valence-corrected chi connectivity index (χ1v) is 17.2. The van der Waals surface area contributed by atoms with Crippen LogP contribution < -0.4 is 4.90 Å². The van der Waals surface area contributed by atoms with Crippen LogP contribution >= 0.6 is 0 Å². The lowest BCUT2D eigenvalue weighted by atomic mass is 9.63. The topological polar surface area (TPSA) is 29.7 Å². The van der Waals surface area contributed by atoms with E-state index in [2.05, 4.69) is 193 Å².